The fourth-order valence-electron chi connectivity index (χ4n) is 2.87. The molecule has 0 saturated carbocycles. The number of aromatic amines is 4. The first-order valence-corrected chi connectivity index (χ1v) is 7.69. The van der Waals surface area contributed by atoms with Gasteiger partial charge < -0.3 is 16.2 Å². The summed E-state index contributed by atoms with van der Waals surface area (Å²) in [4.78, 5) is 56.6. The van der Waals surface area contributed by atoms with E-state index in [9.17, 15) is 19.2 Å². The predicted molar refractivity (Wildman–Crippen MR) is 98.1 cm³/mol. The number of nitrogens with two attached hydrogens (primary N) is 2. The zero-order chi connectivity index (χ0) is 19.7. The maximum atomic E-state index is 12.5. The summed E-state index contributed by atoms with van der Waals surface area (Å²) in [5.74, 6) is -0.967. The van der Waals surface area contributed by atoms with Crippen molar-refractivity contribution in [3.05, 3.63) is 82.6 Å². The van der Waals surface area contributed by atoms with Crippen LogP contribution in [0.1, 0.15) is 22.6 Å². The van der Waals surface area contributed by atoms with E-state index in [1.54, 1.807) is 24.3 Å². The number of nitrogens with one attached hydrogen (secondary N) is 4. The molecule has 0 spiro atoms. The first kappa shape index (κ1) is 17.8. The third kappa shape index (κ3) is 3.25. The van der Waals surface area contributed by atoms with Gasteiger partial charge in [-0.15, -0.1) is 0 Å². The van der Waals surface area contributed by atoms with Gasteiger partial charge in [0.05, 0.1) is 24.2 Å². The van der Waals surface area contributed by atoms with Crippen molar-refractivity contribution in [3.8, 4) is 5.75 Å². The third-order valence-corrected chi connectivity index (χ3v) is 4.05. The molecule has 8 N–H and O–H groups in total. The Kier molecular flexibility index (Phi) is 4.42. The quantitative estimate of drug-likeness (QED) is 0.331. The average Bonchev–Trinajstić information content (AvgIpc) is 2.59. The Morgan fingerprint density at radius 1 is 0.778 bits per heavy atom. The Morgan fingerprint density at radius 2 is 1.22 bits per heavy atom. The minimum Gasteiger partial charge on any atom is -0.497 e. The normalized spacial score (nSPS) is 10.9. The Bertz CT molecular complexity index is 1140. The second-order valence-electron chi connectivity index (χ2n) is 5.68. The third-order valence-electron chi connectivity index (χ3n) is 4.05. The van der Waals surface area contributed by atoms with Crippen LogP contribution in [-0.4, -0.2) is 27.0 Å². The fourth-order valence-corrected chi connectivity index (χ4v) is 2.87. The van der Waals surface area contributed by atoms with Crippen molar-refractivity contribution in [1.29, 1.82) is 0 Å². The Labute approximate surface area is 150 Å². The van der Waals surface area contributed by atoms with Crippen molar-refractivity contribution in [2.45, 2.75) is 5.92 Å². The van der Waals surface area contributed by atoms with Gasteiger partial charge >= 0.3 is 11.4 Å². The lowest BCUT2D eigenvalue weighted by atomic mass is 9.86. The number of nitrogen functional groups attached to an aromatic ring is 2. The van der Waals surface area contributed by atoms with Gasteiger partial charge in [-0.2, -0.15) is 0 Å². The van der Waals surface area contributed by atoms with E-state index in [1.165, 1.54) is 7.11 Å². The lowest BCUT2D eigenvalue weighted by Gasteiger charge is -2.19. The molecular weight excluding hydrogens is 356 g/mol. The standard InChI is InChI=1S/C16H16N6O5/c1-27-7-4-2-6(3-5-7)8(9-11(17)19-15(25)21-13(9)23)10-12(18)20-16(26)22-14(10)24/h2-5,8H,1H3,(H4,17,19,21,23,25)(H4,18,20,22,24,26). The van der Waals surface area contributed by atoms with Crippen molar-refractivity contribution < 1.29 is 4.74 Å². The van der Waals surface area contributed by atoms with Crippen LogP contribution in [0.15, 0.2) is 43.4 Å². The van der Waals surface area contributed by atoms with Gasteiger partial charge in [-0.3, -0.25) is 29.5 Å². The minimum absolute atomic E-state index is 0.0935. The van der Waals surface area contributed by atoms with Crippen LogP contribution in [0.3, 0.4) is 0 Å². The number of hydrogen-bond acceptors (Lipinski definition) is 7. The van der Waals surface area contributed by atoms with E-state index in [1.807, 2.05) is 0 Å². The summed E-state index contributed by atoms with van der Waals surface area (Å²) in [6, 6.07) is 6.46. The SMILES string of the molecule is COc1ccc(C(c2c(N)[nH]c(=O)[nH]c2=O)c2c(N)[nH]c(=O)[nH]c2=O)cc1. The van der Waals surface area contributed by atoms with Crippen molar-refractivity contribution in [2.24, 2.45) is 0 Å². The summed E-state index contributed by atoms with van der Waals surface area (Å²) in [5, 5.41) is 0. The van der Waals surface area contributed by atoms with E-state index in [-0.39, 0.29) is 22.8 Å². The summed E-state index contributed by atoms with van der Waals surface area (Å²) in [6.07, 6.45) is 0. The maximum Gasteiger partial charge on any atom is 0.327 e. The van der Waals surface area contributed by atoms with Gasteiger partial charge in [-0.25, -0.2) is 9.59 Å². The zero-order valence-corrected chi connectivity index (χ0v) is 14.1. The molecular formula is C16H16N6O5. The zero-order valence-electron chi connectivity index (χ0n) is 14.1. The number of aromatic nitrogens is 4. The molecule has 0 aliphatic carbocycles. The summed E-state index contributed by atoms with van der Waals surface area (Å²) >= 11 is 0. The van der Waals surface area contributed by atoms with Gasteiger partial charge in [0, 0.05) is 0 Å². The summed E-state index contributed by atoms with van der Waals surface area (Å²) in [6.45, 7) is 0. The van der Waals surface area contributed by atoms with Gasteiger partial charge in [-0.1, -0.05) is 12.1 Å². The molecule has 0 atom stereocenters. The highest BCUT2D eigenvalue weighted by Gasteiger charge is 2.28. The Hall–Kier alpha value is -4.02. The van der Waals surface area contributed by atoms with Crippen LogP contribution in [-0.2, 0) is 0 Å². The second-order valence-corrected chi connectivity index (χ2v) is 5.68. The molecule has 0 unspecified atom stereocenters. The molecule has 11 heteroatoms. The molecule has 3 aromatic rings. The molecule has 3 rings (SSSR count). The molecule has 0 fully saturated rings. The number of rotatable bonds is 4. The maximum absolute atomic E-state index is 12.5. The Balaban J connectivity index is 2.38. The second kappa shape index (κ2) is 6.71. The van der Waals surface area contributed by atoms with Gasteiger partial charge in [0.25, 0.3) is 11.1 Å². The topological polar surface area (TPSA) is 193 Å². The molecule has 2 aromatic heterocycles. The number of H-pyrrole nitrogens is 4. The summed E-state index contributed by atoms with van der Waals surface area (Å²) in [5.41, 5.74) is 8.83. The van der Waals surface area contributed by atoms with Crippen molar-refractivity contribution >= 4 is 11.6 Å². The van der Waals surface area contributed by atoms with Crippen LogP contribution in [0.5, 0.6) is 5.75 Å². The lowest BCUT2D eigenvalue weighted by Crippen LogP contribution is -2.34. The number of benzene rings is 1. The summed E-state index contributed by atoms with van der Waals surface area (Å²) in [7, 11) is 1.49. The lowest BCUT2D eigenvalue weighted by molar-refractivity contribution is 0.414. The van der Waals surface area contributed by atoms with Crippen LogP contribution in [0.2, 0.25) is 0 Å². The molecule has 0 aliphatic rings. The van der Waals surface area contributed by atoms with E-state index in [2.05, 4.69) is 19.9 Å². The average molecular weight is 372 g/mol. The van der Waals surface area contributed by atoms with Gasteiger partial charge in [0.1, 0.15) is 17.4 Å². The van der Waals surface area contributed by atoms with Crippen LogP contribution in [0.25, 0.3) is 0 Å². The molecule has 0 saturated heterocycles. The van der Waals surface area contributed by atoms with Crippen molar-refractivity contribution in [2.75, 3.05) is 18.6 Å². The van der Waals surface area contributed by atoms with E-state index in [0.717, 1.165) is 0 Å². The molecule has 1 aromatic carbocycles. The molecule has 2 heterocycles. The smallest absolute Gasteiger partial charge is 0.327 e. The van der Waals surface area contributed by atoms with Crippen molar-refractivity contribution in [3.63, 3.8) is 0 Å². The van der Waals surface area contributed by atoms with Crippen LogP contribution in [0, 0.1) is 0 Å². The molecule has 140 valence electrons. The van der Waals surface area contributed by atoms with Gasteiger partial charge in [0.2, 0.25) is 0 Å². The molecule has 0 aliphatic heterocycles. The molecule has 0 amide bonds. The van der Waals surface area contributed by atoms with Gasteiger partial charge in [-0.05, 0) is 17.7 Å². The van der Waals surface area contributed by atoms with E-state index >= 15 is 0 Å². The molecule has 11 nitrogen and oxygen atoms in total. The highest BCUT2D eigenvalue weighted by atomic mass is 16.5. The number of anilines is 2. The van der Waals surface area contributed by atoms with E-state index in [0.29, 0.717) is 11.3 Å². The first-order chi connectivity index (χ1) is 12.8. The predicted octanol–water partition coefficient (Wildman–Crippen LogP) is -1.21. The number of hydrogen-bond donors (Lipinski definition) is 6. The highest BCUT2D eigenvalue weighted by molar-refractivity contribution is 5.56. The molecule has 0 radical (unpaired) electrons. The fraction of sp³-hybridized carbons (Fsp3) is 0.125. The minimum atomic E-state index is -1.06. The molecule has 27 heavy (non-hydrogen) atoms. The largest absolute Gasteiger partial charge is 0.497 e. The number of methoxy groups -OCH3 is 1. The monoisotopic (exact) mass is 372 g/mol. The number of ether oxygens (including phenoxy) is 1. The molecule has 0 bridgehead atoms. The highest BCUT2D eigenvalue weighted by Crippen LogP contribution is 2.32. The van der Waals surface area contributed by atoms with E-state index < -0.39 is 28.4 Å². The van der Waals surface area contributed by atoms with E-state index in [4.69, 9.17) is 16.2 Å². The Morgan fingerprint density at radius 3 is 1.59 bits per heavy atom. The van der Waals surface area contributed by atoms with Crippen LogP contribution in [0.4, 0.5) is 11.6 Å². The van der Waals surface area contributed by atoms with Crippen molar-refractivity contribution in [1.82, 2.24) is 19.9 Å². The van der Waals surface area contributed by atoms with Crippen LogP contribution < -0.4 is 38.7 Å². The van der Waals surface area contributed by atoms with Crippen LogP contribution >= 0.6 is 0 Å². The van der Waals surface area contributed by atoms with Gasteiger partial charge in [0.15, 0.2) is 0 Å². The summed E-state index contributed by atoms with van der Waals surface area (Å²) < 4.78 is 5.11. The first-order valence-electron chi connectivity index (χ1n) is 7.69.